The van der Waals surface area contributed by atoms with Crippen molar-refractivity contribution in [2.24, 2.45) is 0 Å². The molecule has 1 aromatic carbocycles. The van der Waals surface area contributed by atoms with Gasteiger partial charge < -0.3 is 5.32 Å². The monoisotopic (exact) mass is 312 g/mol. The molecule has 1 rings (SSSR count). The molecule has 0 aliphatic heterocycles. The minimum absolute atomic E-state index is 0.212. The third kappa shape index (κ3) is 6.16. The van der Waals surface area contributed by atoms with Crippen LogP contribution in [0, 0.1) is 0 Å². The van der Waals surface area contributed by atoms with Crippen LogP contribution in [0.15, 0.2) is 30.3 Å². The van der Waals surface area contributed by atoms with Crippen LogP contribution in [0.5, 0.6) is 0 Å². The first-order valence-electron chi connectivity index (χ1n) is 7.74. The van der Waals surface area contributed by atoms with Crippen LogP contribution in [0.2, 0.25) is 0 Å². The van der Waals surface area contributed by atoms with Gasteiger partial charge in [0, 0.05) is 24.9 Å². The molecule has 0 aliphatic carbocycles. The summed E-state index contributed by atoms with van der Waals surface area (Å²) >= 11 is 0. The van der Waals surface area contributed by atoms with E-state index in [1.807, 2.05) is 18.2 Å². The Morgan fingerprint density at radius 3 is 2.24 bits per heavy atom. The quantitative estimate of drug-likeness (QED) is 0.672. The molecule has 0 saturated heterocycles. The van der Waals surface area contributed by atoms with Gasteiger partial charge in [-0.25, -0.2) is 8.42 Å². The molecule has 0 radical (unpaired) electrons. The molecule has 0 spiro atoms. The summed E-state index contributed by atoms with van der Waals surface area (Å²) in [6.45, 7) is 9.24. The molecule has 120 valence electrons. The largest absolute Gasteiger partial charge is 0.314 e. The fourth-order valence-electron chi connectivity index (χ4n) is 2.41. The van der Waals surface area contributed by atoms with Crippen molar-refractivity contribution in [2.75, 3.05) is 37.7 Å². The lowest BCUT2D eigenvalue weighted by Gasteiger charge is -2.30. The summed E-state index contributed by atoms with van der Waals surface area (Å²) in [6.07, 6.45) is 0. The maximum absolute atomic E-state index is 11.5. The number of hydrogen-bond acceptors (Lipinski definition) is 4. The Morgan fingerprint density at radius 1 is 1.10 bits per heavy atom. The van der Waals surface area contributed by atoms with Crippen LogP contribution >= 0.6 is 0 Å². The highest BCUT2D eigenvalue weighted by atomic mass is 32.2. The number of likely N-dealkylation sites (N-methyl/N-ethyl adjacent to an activating group) is 1. The van der Waals surface area contributed by atoms with Gasteiger partial charge in [0.1, 0.15) is 0 Å². The zero-order valence-electron chi connectivity index (χ0n) is 13.4. The van der Waals surface area contributed by atoms with Gasteiger partial charge in [0.25, 0.3) is 0 Å². The Kier molecular flexibility index (Phi) is 7.93. The van der Waals surface area contributed by atoms with E-state index in [4.69, 9.17) is 0 Å². The van der Waals surface area contributed by atoms with Crippen LogP contribution in [-0.4, -0.2) is 51.0 Å². The second kappa shape index (κ2) is 9.18. The standard InChI is InChI=1S/C16H28N2O2S/c1-4-18(5-2)16(15-10-8-7-9-11-15)14-17-12-13-21(19,20)6-3/h7-11,16-17H,4-6,12-14H2,1-3H3. The Bertz CT molecular complexity index is 484. The van der Waals surface area contributed by atoms with Crippen LogP contribution < -0.4 is 5.32 Å². The van der Waals surface area contributed by atoms with Crippen molar-refractivity contribution in [3.63, 3.8) is 0 Å². The highest BCUT2D eigenvalue weighted by Gasteiger charge is 2.17. The molecule has 0 aromatic heterocycles. The van der Waals surface area contributed by atoms with Crippen LogP contribution in [0.1, 0.15) is 32.4 Å². The first-order valence-corrected chi connectivity index (χ1v) is 9.56. The van der Waals surface area contributed by atoms with Gasteiger partial charge in [0.2, 0.25) is 0 Å². The van der Waals surface area contributed by atoms with Crippen LogP contribution in [0.3, 0.4) is 0 Å². The third-order valence-corrected chi connectivity index (χ3v) is 5.51. The third-order valence-electron chi connectivity index (χ3n) is 3.80. The number of nitrogens with zero attached hydrogens (tertiary/aromatic N) is 1. The van der Waals surface area contributed by atoms with E-state index < -0.39 is 9.84 Å². The molecule has 0 amide bonds. The van der Waals surface area contributed by atoms with E-state index in [0.717, 1.165) is 19.6 Å². The molecule has 0 heterocycles. The summed E-state index contributed by atoms with van der Waals surface area (Å²) in [6, 6.07) is 10.7. The number of rotatable bonds is 10. The molecule has 5 heteroatoms. The first-order chi connectivity index (χ1) is 10.0. The smallest absolute Gasteiger partial charge is 0.151 e. The van der Waals surface area contributed by atoms with Crippen molar-refractivity contribution in [3.8, 4) is 0 Å². The lowest BCUT2D eigenvalue weighted by Crippen LogP contribution is -2.37. The molecule has 4 nitrogen and oxygen atoms in total. The minimum Gasteiger partial charge on any atom is -0.314 e. The molecule has 0 fully saturated rings. The summed E-state index contributed by atoms with van der Waals surface area (Å²) in [7, 11) is -2.89. The Morgan fingerprint density at radius 2 is 1.71 bits per heavy atom. The molecular weight excluding hydrogens is 284 g/mol. The average Bonchev–Trinajstić information content (AvgIpc) is 2.51. The van der Waals surface area contributed by atoms with Gasteiger partial charge in [-0.2, -0.15) is 0 Å². The van der Waals surface area contributed by atoms with E-state index in [0.29, 0.717) is 6.54 Å². The first kappa shape index (κ1) is 18.1. The molecule has 1 N–H and O–H groups in total. The van der Waals surface area contributed by atoms with Gasteiger partial charge in [-0.15, -0.1) is 0 Å². The van der Waals surface area contributed by atoms with E-state index in [-0.39, 0.29) is 17.5 Å². The number of nitrogens with one attached hydrogen (secondary N) is 1. The van der Waals surface area contributed by atoms with Crippen LogP contribution in [0.4, 0.5) is 0 Å². The van der Waals surface area contributed by atoms with Gasteiger partial charge in [-0.05, 0) is 18.7 Å². The summed E-state index contributed by atoms with van der Waals surface area (Å²) in [5.41, 5.74) is 1.27. The van der Waals surface area contributed by atoms with Gasteiger partial charge >= 0.3 is 0 Å². The minimum atomic E-state index is -2.89. The molecule has 1 unspecified atom stereocenters. The van der Waals surface area contributed by atoms with E-state index in [2.05, 4.69) is 36.2 Å². The van der Waals surface area contributed by atoms with E-state index >= 15 is 0 Å². The normalized spacial score (nSPS) is 13.5. The molecule has 1 atom stereocenters. The maximum Gasteiger partial charge on any atom is 0.151 e. The van der Waals surface area contributed by atoms with Crippen molar-refractivity contribution < 1.29 is 8.42 Å². The number of sulfone groups is 1. The van der Waals surface area contributed by atoms with E-state index in [9.17, 15) is 8.42 Å². The van der Waals surface area contributed by atoms with Crippen LogP contribution in [-0.2, 0) is 9.84 Å². The Hall–Kier alpha value is -0.910. The molecule has 1 aromatic rings. The SMILES string of the molecule is CCN(CC)C(CNCCS(=O)(=O)CC)c1ccccc1. The Balaban J connectivity index is 2.63. The molecule has 21 heavy (non-hydrogen) atoms. The highest BCUT2D eigenvalue weighted by molar-refractivity contribution is 7.91. The second-order valence-electron chi connectivity index (χ2n) is 5.09. The predicted molar refractivity (Wildman–Crippen MR) is 89.3 cm³/mol. The highest BCUT2D eigenvalue weighted by Crippen LogP contribution is 2.19. The second-order valence-corrected chi connectivity index (χ2v) is 7.56. The maximum atomic E-state index is 11.5. The zero-order chi connectivity index (χ0) is 15.7. The fourth-order valence-corrected chi connectivity index (χ4v) is 3.15. The van der Waals surface area contributed by atoms with Gasteiger partial charge in [-0.1, -0.05) is 51.1 Å². The van der Waals surface area contributed by atoms with Crippen molar-refractivity contribution in [1.82, 2.24) is 10.2 Å². The predicted octanol–water partition coefficient (Wildman–Crippen LogP) is 2.09. The van der Waals surface area contributed by atoms with Crippen LogP contribution in [0.25, 0.3) is 0 Å². The van der Waals surface area contributed by atoms with Crippen molar-refractivity contribution >= 4 is 9.84 Å². The molecule has 0 bridgehead atoms. The van der Waals surface area contributed by atoms with Crippen molar-refractivity contribution in [2.45, 2.75) is 26.8 Å². The van der Waals surface area contributed by atoms with Gasteiger partial charge in [-0.3, -0.25) is 4.90 Å². The summed E-state index contributed by atoms with van der Waals surface area (Å²) in [5, 5.41) is 3.30. The van der Waals surface area contributed by atoms with Gasteiger partial charge in [0.05, 0.1) is 5.75 Å². The van der Waals surface area contributed by atoms with Crippen molar-refractivity contribution in [3.05, 3.63) is 35.9 Å². The summed E-state index contributed by atoms with van der Waals surface area (Å²) in [4.78, 5) is 2.39. The molecule has 0 saturated carbocycles. The number of hydrogen-bond donors (Lipinski definition) is 1. The van der Waals surface area contributed by atoms with Crippen molar-refractivity contribution in [1.29, 1.82) is 0 Å². The topological polar surface area (TPSA) is 49.4 Å². The van der Waals surface area contributed by atoms with E-state index in [1.165, 1.54) is 5.56 Å². The lowest BCUT2D eigenvalue weighted by molar-refractivity contribution is 0.214. The summed E-state index contributed by atoms with van der Waals surface area (Å²) < 4.78 is 23.0. The Labute approximate surface area is 129 Å². The fraction of sp³-hybridized carbons (Fsp3) is 0.625. The molecule has 0 aliphatic rings. The van der Waals surface area contributed by atoms with Gasteiger partial charge in [0.15, 0.2) is 9.84 Å². The summed E-state index contributed by atoms with van der Waals surface area (Å²) in [5.74, 6) is 0.427. The molecular formula is C16H28N2O2S. The lowest BCUT2D eigenvalue weighted by atomic mass is 10.1. The average molecular weight is 312 g/mol. The number of benzene rings is 1. The zero-order valence-corrected chi connectivity index (χ0v) is 14.2. The van der Waals surface area contributed by atoms with E-state index in [1.54, 1.807) is 6.92 Å².